The Kier molecular flexibility index (Phi) is 6.01. The van der Waals surface area contributed by atoms with Crippen LogP contribution < -0.4 is 5.56 Å². The fourth-order valence-corrected chi connectivity index (χ4v) is 5.18. The first kappa shape index (κ1) is 21.8. The van der Waals surface area contributed by atoms with E-state index in [1.165, 1.54) is 11.3 Å². The van der Waals surface area contributed by atoms with Crippen LogP contribution in [0.25, 0.3) is 4.96 Å². The number of amides is 1. The predicted molar refractivity (Wildman–Crippen MR) is 128 cm³/mol. The minimum atomic E-state index is -0.0900. The highest BCUT2D eigenvalue weighted by atomic mass is 35.5. The number of carbonyl (C=O) groups excluding carboxylic acids is 1. The zero-order chi connectivity index (χ0) is 22.9. The molecule has 0 bridgehead atoms. The molecule has 170 valence electrons. The molecule has 5 rings (SSSR count). The summed E-state index contributed by atoms with van der Waals surface area (Å²) in [5.74, 6) is -0.0900. The fraction of sp³-hybridized carbons (Fsp3) is 0.304. The molecule has 3 aromatic heterocycles. The van der Waals surface area contributed by atoms with E-state index in [1.807, 2.05) is 47.5 Å². The molecule has 1 fully saturated rings. The van der Waals surface area contributed by atoms with E-state index in [2.05, 4.69) is 15.0 Å². The summed E-state index contributed by atoms with van der Waals surface area (Å²) in [4.78, 5) is 34.8. The molecule has 1 aliphatic heterocycles. The van der Waals surface area contributed by atoms with Gasteiger partial charge in [-0.25, -0.2) is 9.67 Å². The topological polar surface area (TPSA) is 75.7 Å². The van der Waals surface area contributed by atoms with Crippen molar-refractivity contribution < 1.29 is 4.79 Å². The molecule has 1 aliphatic rings. The van der Waals surface area contributed by atoms with Crippen LogP contribution in [-0.4, -0.2) is 61.1 Å². The quantitative estimate of drug-likeness (QED) is 0.437. The van der Waals surface area contributed by atoms with E-state index in [4.69, 9.17) is 11.6 Å². The number of carbonyl (C=O) groups is 1. The third kappa shape index (κ3) is 4.44. The van der Waals surface area contributed by atoms with Crippen molar-refractivity contribution in [2.75, 3.05) is 26.2 Å². The minimum absolute atomic E-state index is 0.0669. The summed E-state index contributed by atoms with van der Waals surface area (Å²) in [5, 5.41) is 6.74. The first-order valence-electron chi connectivity index (χ1n) is 10.7. The maximum absolute atomic E-state index is 13.2. The van der Waals surface area contributed by atoms with Gasteiger partial charge in [0.15, 0.2) is 4.96 Å². The maximum atomic E-state index is 13.2. The summed E-state index contributed by atoms with van der Waals surface area (Å²) >= 11 is 8.03. The zero-order valence-electron chi connectivity index (χ0n) is 18.1. The molecule has 1 amide bonds. The highest BCUT2D eigenvalue weighted by molar-refractivity contribution is 7.15. The van der Waals surface area contributed by atoms with Gasteiger partial charge < -0.3 is 4.90 Å². The molecule has 0 unspecified atom stereocenters. The van der Waals surface area contributed by atoms with Crippen molar-refractivity contribution in [2.45, 2.75) is 20.0 Å². The predicted octanol–water partition coefficient (Wildman–Crippen LogP) is 2.92. The Morgan fingerprint density at radius 2 is 1.88 bits per heavy atom. The van der Waals surface area contributed by atoms with Crippen LogP contribution in [0, 0.1) is 6.92 Å². The minimum Gasteiger partial charge on any atom is -0.336 e. The average molecular weight is 483 g/mol. The molecule has 0 saturated carbocycles. The first-order chi connectivity index (χ1) is 16.0. The summed E-state index contributed by atoms with van der Waals surface area (Å²) in [6, 6.07) is 11.5. The molecule has 0 spiro atoms. The van der Waals surface area contributed by atoms with Crippen LogP contribution >= 0.6 is 22.9 Å². The number of nitrogens with zero attached hydrogens (tertiary/aromatic N) is 6. The number of halogens is 1. The highest BCUT2D eigenvalue weighted by Gasteiger charge is 2.28. The van der Waals surface area contributed by atoms with Gasteiger partial charge in [0.05, 0.1) is 23.5 Å². The molecule has 4 heterocycles. The first-order valence-corrected chi connectivity index (χ1v) is 12.0. The van der Waals surface area contributed by atoms with Crippen LogP contribution in [0.4, 0.5) is 0 Å². The fourth-order valence-electron chi connectivity index (χ4n) is 4.12. The molecule has 1 aromatic carbocycles. The lowest BCUT2D eigenvalue weighted by atomic mass is 10.2. The van der Waals surface area contributed by atoms with Crippen molar-refractivity contribution in [1.82, 2.24) is 29.0 Å². The lowest BCUT2D eigenvalue weighted by molar-refractivity contribution is 0.0626. The molecule has 4 aromatic rings. The Balaban J connectivity index is 1.24. The number of rotatable bonds is 5. The van der Waals surface area contributed by atoms with Crippen LogP contribution in [0.5, 0.6) is 0 Å². The van der Waals surface area contributed by atoms with Gasteiger partial charge in [0.25, 0.3) is 11.5 Å². The van der Waals surface area contributed by atoms with Gasteiger partial charge in [-0.15, -0.1) is 11.3 Å². The number of fused-ring (bicyclic) bond motifs is 1. The van der Waals surface area contributed by atoms with Gasteiger partial charge in [0, 0.05) is 50.4 Å². The van der Waals surface area contributed by atoms with E-state index in [1.54, 1.807) is 21.3 Å². The van der Waals surface area contributed by atoms with Gasteiger partial charge in [-0.3, -0.25) is 18.9 Å². The van der Waals surface area contributed by atoms with Crippen molar-refractivity contribution in [3.8, 4) is 0 Å². The number of aryl methyl sites for hydroxylation is 1. The molecular weight excluding hydrogens is 460 g/mol. The molecule has 33 heavy (non-hydrogen) atoms. The second kappa shape index (κ2) is 9.09. The van der Waals surface area contributed by atoms with Crippen LogP contribution in [0.3, 0.4) is 0 Å². The summed E-state index contributed by atoms with van der Waals surface area (Å²) in [6.45, 7) is 5.49. The molecular formula is C23H23ClN6O2S. The number of benzene rings is 1. The summed E-state index contributed by atoms with van der Waals surface area (Å²) in [7, 11) is 0. The Morgan fingerprint density at radius 3 is 2.64 bits per heavy atom. The maximum Gasteiger partial charge on any atom is 0.258 e. The van der Waals surface area contributed by atoms with Crippen LogP contribution in [0.1, 0.15) is 27.3 Å². The van der Waals surface area contributed by atoms with Gasteiger partial charge in [0.1, 0.15) is 5.15 Å². The van der Waals surface area contributed by atoms with Gasteiger partial charge >= 0.3 is 0 Å². The Bertz CT molecular complexity index is 1350. The van der Waals surface area contributed by atoms with Crippen LogP contribution in [0.15, 0.2) is 52.8 Å². The Hall–Kier alpha value is -3.01. The van der Waals surface area contributed by atoms with Crippen molar-refractivity contribution in [3.05, 3.63) is 86.0 Å². The third-order valence-corrected chi connectivity index (χ3v) is 7.00. The molecule has 0 N–H and O–H groups in total. The lowest BCUT2D eigenvalue weighted by Gasteiger charge is -2.34. The molecule has 0 aliphatic carbocycles. The Morgan fingerprint density at radius 1 is 1.12 bits per heavy atom. The number of aromatic nitrogens is 4. The SMILES string of the molecule is Cc1nn(Cc2ccccc2)c(Cl)c1C(=O)N1CCN(Cc2cc(=O)n3ccsc3n2)CC1. The van der Waals surface area contributed by atoms with E-state index in [-0.39, 0.29) is 11.5 Å². The second-order valence-corrected chi connectivity index (χ2v) is 9.34. The van der Waals surface area contributed by atoms with E-state index < -0.39 is 0 Å². The number of piperazine rings is 1. The van der Waals surface area contributed by atoms with E-state index >= 15 is 0 Å². The molecule has 8 nitrogen and oxygen atoms in total. The molecule has 0 radical (unpaired) electrons. The average Bonchev–Trinajstić information content (AvgIpc) is 3.39. The lowest BCUT2D eigenvalue weighted by Crippen LogP contribution is -2.48. The Labute approximate surface area is 199 Å². The van der Waals surface area contributed by atoms with Gasteiger partial charge in [0.2, 0.25) is 0 Å². The molecule has 10 heteroatoms. The van der Waals surface area contributed by atoms with Gasteiger partial charge in [-0.05, 0) is 12.5 Å². The third-order valence-electron chi connectivity index (χ3n) is 5.86. The molecule has 1 saturated heterocycles. The smallest absolute Gasteiger partial charge is 0.258 e. The number of thiazole rings is 1. The van der Waals surface area contributed by atoms with Crippen LogP contribution in [-0.2, 0) is 13.1 Å². The van der Waals surface area contributed by atoms with Crippen molar-refractivity contribution >= 4 is 33.8 Å². The zero-order valence-corrected chi connectivity index (χ0v) is 19.7. The van der Waals surface area contributed by atoms with E-state index in [0.29, 0.717) is 60.6 Å². The van der Waals surface area contributed by atoms with Crippen molar-refractivity contribution in [1.29, 1.82) is 0 Å². The van der Waals surface area contributed by atoms with E-state index in [9.17, 15) is 9.59 Å². The van der Waals surface area contributed by atoms with Crippen molar-refractivity contribution in [2.24, 2.45) is 0 Å². The van der Waals surface area contributed by atoms with Crippen LogP contribution in [0.2, 0.25) is 5.15 Å². The highest BCUT2D eigenvalue weighted by Crippen LogP contribution is 2.23. The summed E-state index contributed by atoms with van der Waals surface area (Å²) in [6.07, 6.45) is 1.73. The van der Waals surface area contributed by atoms with Gasteiger partial charge in [-0.1, -0.05) is 41.9 Å². The second-order valence-electron chi connectivity index (χ2n) is 8.10. The molecule has 0 atom stereocenters. The standard InChI is InChI=1S/C23H23ClN6O2S/c1-16-20(21(24)30(26-16)14-17-5-3-2-4-6-17)22(32)28-9-7-27(8-10-28)15-18-13-19(31)29-11-12-33-23(29)25-18/h2-6,11-13H,7-10,14-15H2,1H3. The summed E-state index contributed by atoms with van der Waals surface area (Å²) in [5.41, 5.74) is 2.87. The summed E-state index contributed by atoms with van der Waals surface area (Å²) < 4.78 is 3.23. The largest absolute Gasteiger partial charge is 0.336 e. The monoisotopic (exact) mass is 482 g/mol. The normalized spacial score (nSPS) is 14.8. The van der Waals surface area contributed by atoms with Crippen molar-refractivity contribution in [3.63, 3.8) is 0 Å². The number of hydrogen-bond donors (Lipinski definition) is 0. The van der Waals surface area contributed by atoms with Gasteiger partial charge in [-0.2, -0.15) is 5.10 Å². The van der Waals surface area contributed by atoms with E-state index in [0.717, 1.165) is 11.3 Å². The number of hydrogen-bond acceptors (Lipinski definition) is 6.